The summed E-state index contributed by atoms with van der Waals surface area (Å²) in [5, 5.41) is 4.57. The van der Waals surface area contributed by atoms with Gasteiger partial charge in [-0.3, -0.25) is 4.68 Å². The van der Waals surface area contributed by atoms with E-state index in [9.17, 15) is 0 Å². The maximum Gasteiger partial charge on any atom is 0.150 e. The molecule has 0 atom stereocenters. The van der Waals surface area contributed by atoms with Crippen molar-refractivity contribution in [1.82, 2.24) is 9.78 Å². The van der Waals surface area contributed by atoms with E-state index in [0.29, 0.717) is 5.92 Å². The molecule has 2 N–H and O–H groups in total. The number of aryl methyl sites for hydroxylation is 1. The van der Waals surface area contributed by atoms with Gasteiger partial charge in [0.05, 0.1) is 11.4 Å². The number of nitrogen functional groups attached to an aromatic ring is 1. The zero-order valence-electron chi connectivity index (χ0n) is 12.1. The van der Waals surface area contributed by atoms with Gasteiger partial charge >= 0.3 is 0 Å². The van der Waals surface area contributed by atoms with Crippen molar-refractivity contribution in [3.63, 3.8) is 0 Å². The molecule has 0 radical (unpaired) electrons. The Morgan fingerprint density at radius 1 is 1.33 bits per heavy atom. The lowest BCUT2D eigenvalue weighted by Crippen LogP contribution is -2.35. The van der Waals surface area contributed by atoms with Gasteiger partial charge in [0.25, 0.3) is 0 Å². The zero-order valence-corrected chi connectivity index (χ0v) is 12.1. The van der Waals surface area contributed by atoms with Crippen molar-refractivity contribution in [3.8, 4) is 0 Å². The van der Waals surface area contributed by atoms with E-state index in [1.807, 2.05) is 11.7 Å². The Labute approximate surface area is 110 Å². The first-order valence-corrected chi connectivity index (χ1v) is 7.11. The first-order chi connectivity index (χ1) is 8.54. The zero-order chi connectivity index (χ0) is 13.3. The Morgan fingerprint density at radius 2 is 1.94 bits per heavy atom. The van der Waals surface area contributed by atoms with Crippen LogP contribution in [0.1, 0.15) is 51.6 Å². The van der Waals surface area contributed by atoms with E-state index >= 15 is 0 Å². The minimum absolute atomic E-state index is 0.387. The second kappa shape index (κ2) is 5.21. The number of rotatable bonds is 3. The summed E-state index contributed by atoms with van der Waals surface area (Å²) in [5.41, 5.74) is 8.19. The van der Waals surface area contributed by atoms with E-state index in [2.05, 4.69) is 30.8 Å². The van der Waals surface area contributed by atoms with Crippen molar-refractivity contribution in [2.24, 2.45) is 13.0 Å². The summed E-state index contributed by atoms with van der Waals surface area (Å²) in [6.07, 6.45) is 3.85. The lowest BCUT2D eigenvalue weighted by atomic mass is 9.94. The summed E-state index contributed by atoms with van der Waals surface area (Å²) < 4.78 is 1.96. The smallest absolute Gasteiger partial charge is 0.150 e. The normalized spacial score (nSPS) is 17.7. The topological polar surface area (TPSA) is 47.1 Å². The molecule has 1 aliphatic heterocycles. The van der Waals surface area contributed by atoms with E-state index in [4.69, 9.17) is 5.73 Å². The van der Waals surface area contributed by atoms with Crippen LogP contribution >= 0.6 is 0 Å². The lowest BCUT2D eigenvalue weighted by molar-refractivity contribution is 0.391. The number of nitrogens with zero attached hydrogens (tertiary/aromatic N) is 3. The van der Waals surface area contributed by atoms with Gasteiger partial charge in [-0.05, 0) is 24.7 Å². The largest absolute Gasteiger partial charge is 0.394 e. The number of nitrogens with two attached hydrogens (primary N) is 1. The third kappa shape index (κ3) is 2.33. The monoisotopic (exact) mass is 250 g/mol. The van der Waals surface area contributed by atoms with E-state index in [0.717, 1.165) is 36.2 Å². The van der Waals surface area contributed by atoms with Gasteiger partial charge in [-0.1, -0.05) is 27.2 Å². The second-order valence-corrected chi connectivity index (χ2v) is 5.74. The molecule has 2 rings (SSSR count). The molecule has 2 heterocycles. The predicted octanol–water partition coefficient (Wildman–Crippen LogP) is 2.75. The van der Waals surface area contributed by atoms with Crippen molar-refractivity contribution < 1.29 is 0 Å². The molecule has 4 nitrogen and oxygen atoms in total. The molecule has 0 unspecified atom stereocenters. The Morgan fingerprint density at radius 3 is 2.39 bits per heavy atom. The average molecular weight is 250 g/mol. The van der Waals surface area contributed by atoms with Crippen molar-refractivity contribution in [1.29, 1.82) is 0 Å². The van der Waals surface area contributed by atoms with Crippen molar-refractivity contribution in [2.75, 3.05) is 23.7 Å². The Kier molecular flexibility index (Phi) is 3.83. The van der Waals surface area contributed by atoms with Crippen LogP contribution in [0.4, 0.5) is 11.5 Å². The third-order valence-electron chi connectivity index (χ3n) is 4.12. The molecule has 0 aliphatic carbocycles. The number of piperidine rings is 1. The molecule has 0 aromatic carbocycles. The lowest BCUT2D eigenvalue weighted by Gasteiger charge is -2.33. The summed E-state index contributed by atoms with van der Waals surface area (Å²) in [6.45, 7) is 8.80. The van der Waals surface area contributed by atoms with E-state index in [1.54, 1.807) is 0 Å². The van der Waals surface area contributed by atoms with Crippen LogP contribution in [-0.2, 0) is 7.05 Å². The van der Waals surface area contributed by atoms with Crippen LogP contribution in [0.3, 0.4) is 0 Å². The Bertz CT molecular complexity index is 400. The van der Waals surface area contributed by atoms with E-state index < -0.39 is 0 Å². The fourth-order valence-electron chi connectivity index (χ4n) is 2.91. The van der Waals surface area contributed by atoms with Crippen LogP contribution in [0.2, 0.25) is 0 Å². The second-order valence-electron chi connectivity index (χ2n) is 5.74. The summed E-state index contributed by atoms with van der Waals surface area (Å²) in [7, 11) is 2.00. The standard InChI is InChI=1S/C14H26N4/c1-5-11-6-8-18(9-7-11)14-12(15)13(10(2)3)16-17(14)4/h10-11H,5-9,15H2,1-4H3. The predicted molar refractivity (Wildman–Crippen MR) is 76.9 cm³/mol. The van der Waals surface area contributed by atoms with Gasteiger partial charge in [0.2, 0.25) is 0 Å². The highest BCUT2D eigenvalue weighted by Crippen LogP contribution is 2.33. The van der Waals surface area contributed by atoms with Crippen LogP contribution in [0.15, 0.2) is 0 Å². The maximum absolute atomic E-state index is 6.28. The average Bonchev–Trinajstić information content (AvgIpc) is 2.65. The van der Waals surface area contributed by atoms with Gasteiger partial charge in [0, 0.05) is 20.1 Å². The fraction of sp³-hybridized carbons (Fsp3) is 0.786. The van der Waals surface area contributed by atoms with Gasteiger partial charge in [0.15, 0.2) is 0 Å². The molecular formula is C14H26N4. The van der Waals surface area contributed by atoms with Gasteiger partial charge < -0.3 is 10.6 Å². The molecule has 0 bridgehead atoms. The highest BCUT2D eigenvalue weighted by Gasteiger charge is 2.24. The van der Waals surface area contributed by atoms with Gasteiger partial charge in [-0.25, -0.2) is 0 Å². The summed E-state index contributed by atoms with van der Waals surface area (Å²) in [5.74, 6) is 2.40. The number of aromatic nitrogens is 2. The summed E-state index contributed by atoms with van der Waals surface area (Å²) >= 11 is 0. The number of anilines is 2. The first kappa shape index (κ1) is 13.2. The van der Waals surface area contributed by atoms with Crippen LogP contribution < -0.4 is 10.6 Å². The van der Waals surface area contributed by atoms with Crippen LogP contribution in [0, 0.1) is 5.92 Å². The third-order valence-corrected chi connectivity index (χ3v) is 4.12. The molecule has 0 saturated carbocycles. The molecule has 0 spiro atoms. The summed E-state index contributed by atoms with van der Waals surface area (Å²) in [6, 6.07) is 0. The molecule has 102 valence electrons. The van der Waals surface area contributed by atoms with Gasteiger partial charge in [0.1, 0.15) is 5.82 Å². The molecule has 4 heteroatoms. The highest BCUT2D eigenvalue weighted by molar-refractivity contribution is 5.67. The quantitative estimate of drug-likeness (QED) is 0.897. The van der Waals surface area contributed by atoms with Crippen molar-refractivity contribution >= 4 is 11.5 Å². The van der Waals surface area contributed by atoms with E-state index in [1.165, 1.54) is 19.3 Å². The van der Waals surface area contributed by atoms with Crippen molar-refractivity contribution in [2.45, 2.75) is 46.0 Å². The molecule has 1 aliphatic rings. The minimum Gasteiger partial charge on any atom is -0.394 e. The molecule has 1 saturated heterocycles. The van der Waals surface area contributed by atoms with Crippen LogP contribution in [0.5, 0.6) is 0 Å². The molecule has 1 aromatic heterocycles. The summed E-state index contributed by atoms with van der Waals surface area (Å²) in [4.78, 5) is 2.40. The van der Waals surface area contributed by atoms with E-state index in [-0.39, 0.29) is 0 Å². The molecule has 1 aromatic rings. The maximum atomic E-state index is 6.28. The number of hydrogen-bond donors (Lipinski definition) is 1. The van der Waals surface area contributed by atoms with Crippen LogP contribution in [0.25, 0.3) is 0 Å². The minimum atomic E-state index is 0.387. The fourth-order valence-corrected chi connectivity index (χ4v) is 2.91. The first-order valence-electron chi connectivity index (χ1n) is 7.11. The highest BCUT2D eigenvalue weighted by atomic mass is 15.4. The van der Waals surface area contributed by atoms with Gasteiger partial charge in [-0.2, -0.15) is 5.10 Å². The number of hydrogen-bond acceptors (Lipinski definition) is 3. The molecule has 0 amide bonds. The SMILES string of the molecule is CCC1CCN(c2c(N)c(C(C)C)nn2C)CC1. The Balaban J connectivity index is 2.19. The van der Waals surface area contributed by atoms with Gasteiger partial charge in [-0.15, -0.1) is 0 Å². The molecule has 18 heavy (non-hydrogen) atoms. The molecule has 1 fully saturated rings. The molecular weight excluding hydrogens is 224 g/mol. The van der Waals surface area contributed by atoms with Crippen LogP contribution in [-0.4, -0.2) is 22.9 Å². The van der Waals surface area contributed by atoms with Crippen molar-refractivity contribution in [3.05, 3.63) is 5.69 Å². The Hall–Kier alpha value is -1.19.